The molecule has 0 bridgehead atoms. The zero-order valence-electron chi connectivity index (χ0n) is 11.6. The molecule has 0 unspecified atom stereocenters. The molecule has 2 rings (SSSR count). The lowest BCUT2D eigenvalue weighted by molar-refractivity contribution is 0.155. The molecule has 0 radical (unpaired) electrons. The van der Waals surface area contributed by atoms with Gasteiger partial charge in [-0.1, -0.05) is 23.7 Å². The van der Waals surface area contributed by atoms with E-state index < -0.39 is 21.9 Å². The Kier molecular flexibility index (Phi) is 5.12. The predicted molar refractivity (Wildman–Crippen MR) is 80.4 cm³/mol. The molecule has 118 valence electrons. The largest absolute Gasteiger partial charge is 0.387 e. The van der Waals surface area contributed by atoms with E-state index in [9.17, 15) is 17.9 Å². The molecule has 0 saturated carbocycles. The fraction of sp³-hybridized carbons (Fsp3) is 0.214. The molecule has 1 heterocycles. The topological polar surface area (TPSA) is 70.5 Å². The lowest BCUT2D eigenvalue weighted by Gasteiger charge is -2.20. The van der Waals surface area contributed by atoms with E-state index in [-0.39, 0.29) is 16.5 Å². The van der Waals surface area contributed by atoms with Gasteiger partial charge in [-0.3, -0.25) is 4.98 Å². The van der Waals surface area contributed by atoms with E-state index in [1.165, 1.54) is 49.8 Å². The fourth-order valence-corrected chi connectivity index (χ4v) is 3.25. The van der Waals surface area contributed by atoms with E-state index in [0.29, 0.717) is 5.56 Å². The van der Waals surface area contributed by atoms with E-state index in [1.807, 2.05) is 0 Å². The number of hydrogen-bond acceptors (Lipinski definition) is 4. The number of benzene rings is 1. The van der Waals surface area contributed by atoms with Crippen LogP contribution < -0.4 is 0 Å². The molecular formula is C14H14ClFN2O3S. The third kappa shape index (κ3) is 3.80. The molecular weight excluding hydrogens is 331 g/mol. The summed E-state index contributed by atoms with van der Waals surface area (Å²) < 4.78 is 38.6. The molecule has 0 spiro atoms. The van der Waals surface area contributed by atoms with E-state index in [1.54, 1.807) is 0 Å². The number of halogens is 2. The molecule has 0 saturated heterocycles. The van der Waals surface area contributed by atoms with E-state index in [2.05, 4.69) is 4.98 Å². The van der Waals surface area contributed by atoms with Crippen LogP contribution >= 0.6 is 11.6 Å². The number of nitrogens with zero attached hydrogens (tertiary/aromatic N) is 2. The Balaban J connectivity index is 2.17. The summed E-state index contributed by atoms with van der Waals surface area (Å²) in [6.07, 6.45) is 1.43. The normalized spacial score (nSPS) is 13.3. The number of pyridine rings is 1. The Bertz CT molecular complexity index is 753. The van der Waals surface area contributed by atoms with Crippen molar-refractivity contribution in [1.82, 2.24) is 9.29 Å². The van der Waals surface area contributed by atoms with Gasteiger partial charge in [0.25, 0.3) is 0 Å². The Morgan fingerprint density at radius 3 is 2.55 bits per heavy atom. The highest BCUT2D eigenvalue weighted by Gasteiger charge is 2.24. The average molecular weight is 345 g/mol. The van der Waals surface area contributed by atoms with Gasteiger partial charge in [0.1, 0.15) is 10.7 Å². The van der Waals surface area contributed by atoms with Gasteiger partial charge in [0.05, 0.1) is 11.1 Å². The third-order valence-corrected chi connectivity index (χ3v) is 5.07. The van der Waals surface area contributed by atoms with E-state index in [0.717, 1.165) is 4.31 Å². The van der Waals surface area contributed by atoms with Gasteiger partial charge in [-0.2, -0.15) is 4.31 Å². The number of aliphatic hydroxyl groups excluding tert-OH is 1. The van der Waals surface area contributed by atoms with Crippen molar-refractivity contribution in [2.75, 3.05) is 13.6 Å². The number of likely N-dealkylation sites (N-methyl/N-ethyl adjacent to an activating group) is 1. The summed E-state index contributed by atoms with van der Waals surface area (Å²) in [6, 6.07) is 6.50. The van der Waals surface area contributed by atoms with Crippen LogP contribution in [-0.2, 0) is 10.0 Å². The van der Waals surface area contributed by atoms with E-state index >= 15 is 0 Å². The summed E-state index contributed by atoms with van der Waals surface area (Å²) in [5.41, 5.74) is 0.424. The summed E-state index contributed by atoms with van der Waals surface area (Å²) in [5.74, 6) is -0.429. The van der Waals surface area contributed by atoms with Crippen LogP contribution in [0.4, 0.5) is 4.39 Å². The van der Waals surface area contributed by atoms with Crippen molar-refractivity contribution >= 4 is 21.6 Å². The van der Waals surface area contributed by atoms with Gasteiger partial charge in [-0.05, 0) is 23.8 Å². The Hall–Kier alpha value is -1.54. The van der Waals surface area contributed by atoms with Crippen LogP contribution in [0.3, 0.4) is 0 Å². The van der Waals surface area contributed by atoms with Crippen LogP contribution in [0.2, 0.25) is 5.02 Å². The van der Waals surface area contributed by atoms with Crippen molar-refractivity contribution in [2.45, 2.75) is 11.0 Å². The maximum atomic E-state index is 12.9. The number of aliphatic hydroxyl groups is 1. The SMILES string of the molecule is CN(C[C@@H](O)c1ccc(F)cc1)S(=O)(=O)c1cncc(Cl)c1. The van der Waals surface area contributed by atoms with Crippen LogP contribution in [0.1, 0.15) is 11.7 Å². The maximum Gasteiger partial charge on any atom is 0.244 e. The molecule has 0 aliphatic rings. The first-order valence-corrected chi connectivity index (χ1v) is 8.13. The molecule has 8 heteroatoms. The number of hydrogen-bond donors (Lipinski definition) is 1. The maximum absolute atomic E-state index is 12.9. The lowest BCUT2D eigenvalue weighted by Crippen LogP contribution is -2.31. The molecule has 1 aromatic carbocycles. The Morgan fingerprint density at radius 2 is 1.95 bits per heavy atom. The van der Waals surface area contributed by atoms with Crippen molar-refractivity contribution in [1.29, 1.82) is 0 Å². The van der Waals surface area contributed by atoms with Gasteiger partial charge in [0.2, 0.25) is 10.0 Å². The number of rotatable bonds is 5. The Labute approximate surface area is 133 Å². The van der Waals surface area contributed by atoms with Crippen LogP contribution in [0, 0.1) is 5.82 Å². The van der Waals surface area contributed by atoms with Crippen molar-refractivity contribution in [3.05, 3.63) is 59.1 Å². The molecule has 0 fully saturated rings. The molecule has 2 aromatic rings. The quantitative estimate of drug-likeness (QED) is 0.903. The van der Waals surface area contributed by atoms with Crippen LogP contribution in [-0.4, -0.2) is 36.4 Å². The molecule has 0 aliphatic carbocycles. The van der Waals surface area contributed by atoms with Crippen molar-refractivity contribution in [2.24, 2.45) is 0 Å². The fourth-order valence-electron chi connectivity index (χ4n) is 1.85. The highest BCUT2D eigenvalue weighted by Crippen LogP contribution is 2.21. The minimum atomic E-state index is -3.82. The smallest absolute Gasteiger partial charge is 0.244 e. The average Bonchev–Trinajstić information content (AvgIpc) is 2.47. The van der Waals surface area contributed by atoms with Gasteiger partial charge in [-0.15, -0.1) is 0 Å². The first-order chi connectivity index (χ1) is 10.3. The van der Waals surface area contributed by atoms with Gasteiger partial charge in [0, 0.05) is 26.0 Å². The van der Waals surface area contributed by atoms with Gasteiger partial charge in [-0.25, -0.2) is 12.8 Å². The van der Waals surface area contributed by atoms with Crippen LogP contribution in [0.25, 0.3) is 0 Å². The zero-order chi connectivity index (χ0) is 16.3. The summed E-state index contributed by atoms with van der Waals surface area (Å²) in [7, 11) is -2.48. The standard InChI is InChI=1S/C14H14ClFN2O3S/c1-18(9-14(19)10-2-4-12(16)5-3-10)22(20,21)13-6-11(15)7-17-8-13/h2-8,14,19H,9H2,1H3/t14-/m1/s1. The molecule has 0 amide bonds. The monoisotopic (exact) mass is 344 g/mol. The minimum absolute atomic E-state index is 0.0613. The molecule has 1 N–H and O–H groups in total. The van der Waals surface area contributed by atoms with Gasteiger partial charge < -0.3 is 5.11 Å². The molecule has 0 aliphatic heterocycles. The molecule has 22 heavy (non-hydrogen) atoms. The molecule has 1 aromatic heterocycles. The van der Waals surface area contributed by atoms with Crippen molar-refractivity contribution < 1.29 is 17.9 Å². The van der Waals surface area contributed by atoms with Crippen molar-refractivity contribution in [3.63, 3.8) is 0 Å². The Morgan fingerprint density at radius 1 is 1.32 bits per heavy atom. The highest BCUT2D eigenvalue weighted by atomic mass is 35.5. The first kappa shape index (κ1) is 16.8. The second-order valence-corrected chi connectivity index (χ2v) is 7.17. The second-order valence-electron chi connectivity index (χ2n) is 4.69. The predicted octanol–water partition coefficient (Wildman–Crippen LogP) is 2.23. The summed E-state index contributed by atoms with van der Waals surface area (Å²) >= 11 is 5.74. The lowest BCUT2D eigenvalue weighted by atomic mass is 10.1. The second kappa shape index (κ2) is 6.70. The number of aromatic nitrogens is 1. The van der Waals surface area contributed by atoms with Crippen molar-refractivity contribution in [3.8, 4) is 0 Å². The van der Waals surface area contributed by atoms with Crippen LogP contribution in [0.15, 0.2) is 47.6 Å². The number of sulfonamides is 1. The van der Waals surface area contributed by atoms with Gasteiger partial charge >= 0.3 is 0 Å². The molecule has 5 nitrogen and oxygen atoms in total. The highest BCUT2D eigenvalue weighted by molar-refractivity contribution is 7.89. The zero-order valence-corrected chi connectivity index (χ0v) is 13.2. The summed E-state index contributed by atoms with van der Waals surface area (Å²) in [4.78, 5) is 3.68. The summed E-state index contributed by atoms with van der Waals surface area (Å²) in [5, 5.41) is 10.3. The van der Waals surface area contributed by atoms with Gasteiger partial charge in [0.15, 0.2) is 0 Å². The summed E-state index contributed by atoms with van der Waals surface area (Å²) in [6.45, 7) is -0.180. The molecule has 1 atom stereocenters. The third-order valence-electron chi connectivity index (χ3n) is 3.07. The first-order valence-electron chi connectivity index (χ1n) is 6.31. The minimum Gasteiger partial charge on any atom is -0.387 e. The van der Waals surface area contributed by atoms with E-state index in [4.69, 9.17) is 11.6 Å². The van der Waals surface area contributed by atoms with Crippen LogP contribution in [0.5, 0.6) is 0 Å².